The van der Waals surface area contributed by atoms with Crippen molar-refractivity contribution in [2.24, 2.45) is 0 Å². The summed E-state index contributed by atoms with van der Waals surface area (Å²) in [5, 5.41) is 0. The highest BCUT2D eigenvalue weighted by Gasteiger charge is 2.23. The minimum atomic E-state index is -0.205. The number of hydrogen-bond acceptors (Lipinski definition) is 3. The summed E-state index contributed by atoms with van der Waals surface area (Å²) in [7, 11) is 0. The van der Waals surface area contributed by atoms with Crippen LogP contribution in [0.2, 0.25) is 0 Å². The van der Waals surface area contributed by atoms with Gasteiger partial charge in [-0.2, -0.15) is 0 Å². The number of rotatable bonds is 3. The van der Waals surface area contributed by atoms with Crippen LogP contribution in [0.4, 0.5) is 10.1 Å². The van der Waals surface area contributed by atoms with Crippen molar-refractivity contribution in [3.05, 3.63) is 53.3 Å². The summed E-state index contributed by atoms with van der Waals surface area (Å²) in [6.07, 6.45) is 0.837. The lowest BCUT2D eigenvalue weighted by atomic mass is 10.1. The summed E-state index contributed by atoms with van der Waals surface area (Å²) >= 11 is 1.68. The van der Waals surface area contributed by atoms with Crippen LogP contribution in [0.15, 0.2) is 41.3 Å². The lowest BCUT2D eigenvalue weighted by Crippen LogP contribution is -2.15. The largest absolute Gasteiger partial charge is 0.489 e. The second-order valence-corrected chi connectivity index (χ2v) is 6.11. The van der Waals surface area contributed by atoms with E-state index in [0.29, 0.717) is 0 Å². The Morgan fingerprint density at radius 3 is 2.95 bits per heavy atom. The van der Waals surface area contributed by atoms with Gasteiger partial charge in [-0.15, -0.1) is 11.8 Å². The van der Waals surface area contributed by atoms with E-state index in [2.05, 4.69) is 6.07 Å². The Kier molecular flexibility index (Phi) is 3.57. The average molecular weight is 289 g/mol. The highest BCUT2D eigenvalue weighted by Crippen LogP contribution is 2.33. The van der Waals surface area contributed by atoms with Gasteiger partial charge in [0.1, 0.15) is 17.7 Å². The topological polar surface area (TPSA) is 35.2 Å². The Bertz CT molecular complexity index is 644. The van der Waals surface area contributed by atoms with Crippen LogP contribution in [-0.2, 0) is 6.42 Å². The Morgan fingerprint density at radius 2 is 2.15 bits per heavy atom. The molecule has 2 aromatic rings. The molecule has 4 heteroatoms. The van der Waals surface area contributed by atoms with Gasteiger partial charge in [-0.05, 0) is 42.8 Å². The van der Waals surface area contributed by atoms with E-state index in [4.69, 9.17) is 10.5 Å². The third kappa shape index (κ3) is 2.75. The van der Waals surface area contributed by atoms with Crippen molar-refractivity contribution >= 4 is 17.4 Å². The van der Waals surface area contributed by atoms with Gasteiger partial charge in [-0.1, -0.05) is 6.07 Å². The molecular formula is C16H16FNOS. The van der Waals surface area contributed by atoms with E-state index >= 15 is 0 Å². The fraction of sp³-hybridized carbons (Fsp3) is 0.250. The molecule has 104 valence electrons. The van der Waals surface area contributed by atoms with Gasteiger partial charge in [0, 0.05) is 28.3 Å². The van der Waals surface area contributed by atoms with E-state index in [1.807, 2.05) is 19.1 Å². The summed E-state index contributed by atoms with van der Waals surface area (Å²) in [5.41, 5.74) is 8.91. The molecule has 1 atom stereocenters. The molecule has 3 rings (SSSR count). The number of benzene rings is 2. The van der Waals surface area contributed by atoms with Crippen LogP contribution in [0, 0.1) is 12.7 Å². The lowest BCUT2D eigenvalue weighted by Gasteiger charge is -2.11. The zero-order chi connectivity index (χ0) is 14.1. The van der Waals surface area contributed by atoms with Crippen molar-refractivity contribution in [3.8, 4) is 5.75 Å². The maximum atomic E-state index is 13.2. The Balaban J connectivity index is 1.63. The van der Waals surface area contributed by atoms with Crippen LogP contribution in [0.3, 0.4) is 0 Å². The fourth-order valence-electron chi connectivity index (χ4n) is 2.36. The highest BCUT2D eigenvalue weighted by atomic mass is 32.2. The van der Waals surface area contributed by atoms with Gasteiger partial charge >= 0.3 is 0 Å². The Morgan fingerprint density at radius 1 is 1.30 bits per heavy atom. The maximum absolute atomic E-state index is 13.2. The maximum Gasteiger partial charge on any atom is 0.123 e. The van der Waals surface area contributed by atoms with Gasteiger partial charge in [-0.25, -0.2) is 4.39 Å². The first-order valence-electron chi connectivity index (χ1n) is 6.56. The molecule has 1 unspecified atom stereocenters. The van der Waals surface area contributed by atoms with Crippen LogP contribution >= 0.6 is 11.8 Å². The molecule has 0 bridgehead atoms. The number of hydrogen-bond donors (Lipinski definition) is 1. The number of anilines is 1. The quantitative estimate of drug-likeness (QED) is 0.689. The molecule has 0 aromatic heterocycles. The summed E-state index contributed by atoms with van der Waals surface area (Å²) in [6, 6.07) is 10.8. The molecule has 1 heterocycles. The van der Waals surface area contributed by atoms with E-state index in [0.717, 1.165) is 39.6 Å². The summed E-state index contributed by atoms with van der Waals surface area (Å²) in [4.78, 5) is 1.07. The van der Waals surface area contributed by atoms with Crippen molar-refractivity contribution in [1.82, 2.24) is 0 Å². The predicted octanol–water partition coefficient (Wildman–Crippen LogP) is 3.81. The van der Waals surface area contributed by atoms with Gasteiger partial charge in [0.25, 0.3) is 0 Å². The molecule has 0 saturated heterocycles. The molecule has 0 fully saturated rings. The van der Waals surface area contributed by atoms with Crippen LogP contribution in [0.5, 0.6) is 5.75 Å². The number of halogens is 1. The second-order valence-electron chi connectivity index (χ2n) is 5.05. The summed E-state index contributed by atoms with van der Waals surface area (Å²) in [5.74, 6) is 1.40. The Hall–Kier alpha value is -1.68. The minimum Gasteiger partial charge on any atom is -0.489 e. The van der Waals surface area contributed by atoms with E-state index in [9.17, 15) is 4.39 Å². The van der Waals surface area contributed by atoms with Crippen LogP contribution < -0.4 is 10.5 Å². The van der Waals surface area contributed by atoms with E-state index < -0.39 is 0 Å². The minimum absolute atomic E-state index is 0.0810. The van der Waals surface area contributed by atoms with Crippen molar-refractivity contribution in [2.75, 3.05) is 11.5 Å². The van der Waals surface area contributed by atoms with E-state index in [1.54, 1.807) is 23.9 Å². The third-order valence-electron chi connectivity index (χ3n) is 3.35. The summed E-state index contributed by atoms with van der Waals surface area (Å²) < 4.78 is 19.0. The standard InChI is InChI=1S/C16H16FNOS/c1-10-2-5-16(14(18)6-10)20-9-13-8-11-7-12(17)3-4-15(11)19-13/h2-7,13H,8-9,18H2,1H3. The first kappa shape index (κ1) is 13.3. The molecule has 0 amide bonds. The molecule has 1 aliphatic heterocycles. The number of fused-ring (bicyclic) bond motifs is 1. The zero-order valence-corrected chi connectivity index (χ0v) is 12.0. The molecule has 20 heavy (non-hydrogen) atoms. The Labute approximate surface area is 122 Å². The number of aryl methyl sites for hydroxylation is 1. The number of thioether (sulfide) groups is 1. The van der Waals surface area contributed by atoms with Crippen molar-refractivity contribution in [3.63, 3.8) is 0 Å². The van der Waals surface area contributed by atoms with Crippen LogP contribution in [0.1, 0.15) is 11.1 Å². The molecule has 2 aromatic carbocycles. The average Bonchev–Trinajstić information content (AvgIpc) is 2.79. The monoisotopic (exact) mass is 289 g/mol. The van der Waals surface area contributed by atoms with Crippen molar-refractivity contribution in [2.45, 2.75) is 24.3 Å². The van der Waals surface area contributed by atoms with Crippen molar-refractivity contribution in [1.29, 1.82) is 0 Å². The van der Waals surface area contributed by atoms with E-state index in [-0.39, 0.29) is 11.9 Å². The normalized spacial score (nSPS) is 16.8. The molecule has 2 N–H and O–H groups in total. The second kappa shape index (κ2) is 5.37. The molecule has 1 aliphatic rings. The molecular weight excluding hydrogens is 273 g/mol. The van der Waals surface area contributed by atoms with Crippen LogP contribution in [-0.4, -0.2) is 11.9 Å². The first-order chi connectivity index (χ1) is 9.61. The molecule has 2 nitrogen and oxygen atoms in total. The zero-order valence-electron chi connectivity index (χ0n) is 11.2. The number of ether oxygens (including phenoxy) is 1. The smallest absolute Gasteiger partial charge is 0.123 e. The number of nitrogen functional groups attached to an aromatic ring is 1. The predicted molar refractivity (Wildman–Crippen MR) is 80.8 cm³/mol. The molecule has 0 spiro atoms. The van der Waals surface area contributed by atoms with Crippen LogP contribution in [0.25, 0.3) is 0 Å². The van der Waals surface area contributed by atoms with Gasteiger partial charge in [0.05, 0.1) is 0 Å². The lowest BCUT2D eigenvalue weighted by molar-refractivity contribution is 0.259. The first-order valence-corrected chi connectivity index (χ1v) is 7.54. The molecule has 0 radical (unpaired) electrons. The number of nitrogens with two attached hydrogens (primary N) is 1. The third-order valence-corrected chi connectivity index (χ3v) is 4.58. The SMILES string of the molecule is Cc1ccc(SCC2Cc3cc(F)ccc3O2)c(N)c1. The summed E-state index contributed by atoms with van der Waals surface area (Å²) in [6.45, 7) is 2.02. The van der Waals surface area contributed by atoms with Gasteiger partial charge in [0.2, 0.25) is 0 Å². The molecule has 0 aliphatic carbocycles. The van der Waals surface area contributed by atoms with E-state index in [1.165, 1.54) is 6.07 Å². The van der Waals surface area contributed by atoms with Gasteiger partial charge < -0.3 is 10.5 Å². The highest BCUT2D eigenvalue weighted by molar-refractivity contribution is 7.99. The van der Waals surface area contributed by atoms with Crippen molar-refractivity contribution < 1.29 is 9.13 Å². The van der Waals surface area contributed by atoms with Gasteiger partial charge in [-0.3, -0.25) is 0 Å². The molecule has 0 saturated carbocycles. The fourth-order valence-corrected chi connectivity index (χ4v) is 3.31. The van der Waals surface area contributed by atoms with Gasteiger partial charge in [0.15, 0.2) is 0 Å².